The Morgan fingerprint density at radius 3 is 2.48 bits per heavy atom. The molecule has 1 atom stereocenters. The number of carbonyl (C=O) groups is 2. The molecule has 7 heteroatoms. The van der Waals surface area contributed by atoms with Gasteiger partial charge in [0.05, 0.1) is 18.8 Å². The van der Waals surface area contributed by atoms with E-state index in [1.165, 1.54) is 11.8 Å². The maximum absolute atomic E-state index is 12.9. The summed E-state index contributed by atoms with van der Waals surface area (Å²) in [4.78, 5) is 31.8. The molecule has 0 bridgehead atoms. The SMILES string of the molecule is COCCN1C(=O)[C@H](CC(=O)Nc2c(C)cccc2C)SC1=Nc1ccccc1. The Hall–Kier alpha value is -2.64. The zero-order valence-electron chi connectivity index (χ0n) is 16.8. The number of nitrogens with zero attached hydrogens (tertiary/aromatic N) is 2. The van der Waals surface area contributed by atoms with Gasteiger partial charge in [-0.3, -0.25) is 14.5 Å². The Morgan fingerprint density at radius 1 is 1.14 bits per heavy atom. The largest absolute Gasteiger partial charge is 0.383 e. The lowest BCUT2D eigenvalue weighted by Gasteiger charge is -2.16. The molecule has 3 rings (SSSR count). The number of amides is 2. The Balaban J connectivity index is 1.74. The average Bonchev–Trinajstić information content (AvgIpc) is 2.98. The van der Waals surface area contributed by atoms with E-state index in [2.05, 4.69) is 10.3 Å². The monoisotopic (exact) mass is 411 g/mol. The van der Waals surface area contributed by atoms with Crippen LogP contribution in [0.1, 0.15) is 17.5 Å². The number of thioether (sulfide) groups is 1. The van der Waals surface area contributed by atoms with Gasteiger partial charge in [0, 0.05) is 19.2 Å². The lowest BCUT2D eigenvalue weighted by Crippen LogP contribution is -2.35. The highest BCUT2D eigenvalue weighted by atomic mass is 32.2. The second-order valence-electron chi connectivity index (χ2n) is 6.84. The van der Waals surface area contributed by atoms with E-state index in [0.717, 1.165) is 22.5 Å². The molecule has 1 aliphatic heterocycles. The Labute approximate surface area is 175 Å². The third-order valence-electron chi connectivity index (χ3n) is 4.64. The highest BCUT2D eigenvalue weighted by Gasteiger charge is 2.39. The molecule has 0 spiro atoms. The van der Waals surface area contributed by atoms with E-state index in [9.17, 15) is 9.59 Å². The van der Waals surface area contributed by atoms with Crippen LogP contribution >= 0.6 is 11.8 Å². The van der Waals surface area contributed by atoms with Crippen LogP contribution in [0.3, 0.4) is 0 Å². The van der Waals surface area contributed by atoms with E-state index in [1.807, 2.05) is 62.4 Å². The maximum atomic E-state index is 12.9. The molecule has 1 fully saturated rings. The van der Waals surface area contributed by atoms with E-state index in [0.29, 0.717) is 18.3 Å². The maximum Gasteiger partial charge on any atom is 0.242 e. The highest BCUT2D eigenvalue weighted by Crippen LogP contribution is 2.32. The highest BCUT2D eigenvalue weighted by molar-refractivity contribution is 8.15. The van der Waals surface area contributed by atoms with Crippen molar-refractivity contribution < 1.29 is 14.3 Å². The van der Waals surface area contributed by atoms with Crippen LogP contribution in [0.15, 0.2) is 53.5 Å². The van der Waals surface area contributed by atoms with Crippen molar-refractivity contribution in [3.63, 3.8) is 0 Å². The second kappa shape index (κ2) is 9.71. The third-order valence-corrected chi connectivity index (χ3v) is 5.81. The molecule has 1 N–H and O–H groups in total. The van der Waals surface area contributed by atoms with E-state index in [-0.39, 0.29) is 18.2 Å². The number of hydrogen-bond acceptors (Lipinski definition) is 5. The summed E-state index contributed by atoms with van der Waals surface area (Å²) in [6, 6.07) is 15.3. The zero-order valence-corrected chi connectivity index (χ0v) is 17.7. The molecule has 152 valence electrons. The summed E-state index contributed by atoms with van der Waals surface area (Å²) in [5.74, 6) is -0.292. The van der Waals surface area contributed by atoms with Gasteiger partial charge in [-0.2, -0.15) is 0 Å². The van der Waals surface area contributed by atoms with Gasteiger partial charge in [0.15, 0.2) is 5.17 Å². The lowest BCUT2D eigenvalue weighted by molar-refractivity contribution is -0.128. The minimum absolute atomic E-state index is 0.0918. The number of carbonyl (C=O) groups excluding carboxylic acids is 2. The van der Waals surface area contributed by atoms with Crippen LogP contribution in [0.2, 0.25) is 0 Å². The van der Waals surface area contributed by atoms with Crippen molar-refractivity contribution in [1.29, 1.82) is 0 Å². The smallest absolute Gasteiger partial charge is 0.242 e. The first kappa shape index (κ1) is 21.1. The molecule has 0 radical (unpaired) electrons. The topological polar surface area (TPSA) is 71.0 Å². The van der Waals surface area contributed by atoms with Crippen molar-refractivity contribution in [2.24, 2.45) is 4.99 Å². The van der Waals surface area contributed by atoms with Gasteiger partial charge >= 0.3 is 0 Å². The summed E-state index contributed by atoms with van der Waals surface area (Å²) in [7, 11) is 1.59. The summed E-state index contributed by atoms with van der Waals surface area (Å²) in [6.07, 6.45) is 0.0918. The van der Waals surface area contributed by atoms with Crippen molar-refractivity contribution in [3.8, 4) is 0 Å². The summed E-state index contributed by atoms with van der Waals surface area (Å²) in [5, 5.41) is 3.06. The number of rotatable bonds is 7. The van der Waals surface area contributed by atoms with Crippen LogP contribution in [0.5, 0.6) is 0 Å². The molecule has 2 amide bonds. The molecule has 2 aromatic carbocycles. The van der Waals surface area contributed by atoms with Crippen LogP contribution in [0, 0.1) is 13.8 Å². The fourth-order valence-electron chi connectivity index (χ4n) is 3.10. The Morgan fingerprint density at radius 2 is 1.83 bits per heavy atom. The van der Waals surface area contributed by atoms with Crippen molar-refractivity contribution in [2.75, 3.05) is 25.6 Å². The number of anilines is 1. The predicted octanol–water partition coefficient (Wildman–Crippen LogP) is 3.91. The molecule has 2 aromatic rings. The van der Waals surface area contributed by atoms with E-state index in [4.69, 9.17) is 4.74 Å². The van der Waals surface area contributed by atoms with E-state index < -0.39 is 5.25 Å². The normalized spacial score (nSPS) is 17.8. The summed E-state index contributed by atoms with van der Waals surface area (Å²) >= 11 is 1.33. The van der Waals surface area contributed by atoms with Crippen molar-refractivity contribution in [1.82, 2.24) is 4.90 Å². The number of amidine groups is 1. The molecule has 0 saturated carbocycles. The van der Waals surface area contributed by atoms with Gasteiger partial charge in [0.25, 0.3) is 0 Å². The van der Waals surface area contributed by atoms with Crippen LogP contribution in [0.25, 0.3) is 0 Å². The van der Waals surface area contributed by atoms with Gasteiger partial charge in [-0.25, -0.2) is 4.99 Å². The van der Waals surface area contributed by atoms with Crippen LogP contribution in [0.4, 0.5) is 11.4 Å². The fraction of sp³-hybridized carbons (Fsp3) is 0.318. The van der Waals surface area contributed by atoms with Gasteiger partial charge < -0.3 is 10.1 Å². The molecular formula is C22H25N3O3S. The lowest BCUT2D eigenvalue weighted by atomic mass is 10.1. The van der Waals surface area contributed by atoms with Crippen LogP contribution in [-0.2, 0) is 14.3 Å². The molecule has 6 nitrogen and oxygen atoms in total. The second-order valence-corrected chi connectivity index (χ2v) is 8.01. The summed E-state index contributed by atoms with van der Waals surface area (Å²) < 4.78 is 5.13. The zero-order chi connectivity index (χ0) is 20.8. The first-order chi connectivity index (χ1) is 14.0. The molecule has 0 unspecified atom stereocenters. The minimum Gasteiger partial charge on any atom is -0.383 e. The third kappa shape index (κ3) is 5.25. The summed E-state index contributed by atoms with van der Waals surface area (Å²) in [6.45, 7) is 4.72. The van der Waals surface area contributed by atoms with Gasteiger partial charge in [-0.15, -0.1) is 0 Å². The number of para-hydroxylation sites is 2. The number of benzene rings is 2. The first-order valence-corrected chi connectivity index (χ1v) is 10.3. The number of methoxy groups -OCH3 is 1. The van der Waals surface area contributed by atoms with Gasteiger partial charge in [0.2, 0.25) is 11.8 Å². The Kier molecular flexibility index (Phi) is 7.06. The quantitative estimate of drug-likeness (QED) is 0.750. The number of hydrogen-bond donors (Lipinski definition) is 1. The molecule has 1 aliphatic rings. The standard InChI is InChI=1S/C22H25N3O3S/c1-15-8-7-9-16(2)20(15)24-19(26)14-18-21(27)25(12-13-28-3)22(29-18)23-17-10-5-4-6-11-17/h4-11,18H,12-14H2,1-3H3,(H,24,26)/t18-/m0/s1. The molecule has 29 heavy (non-hydrogen) atoms. The van der Waals surface area contributed by atoms with Crippen molar-refractivity contribution in [3.05, 3.63) is 59.7 Å². The summed E-state index contributed by atoms with van der Waals surface area (Å²) in [5.41, 5.74) is 3.57. The van der Waals surface area contributed by atoms with Crippen LogP contribution in [-0.4, -0.2) is 47.4 Å². The molecule has 1 heterocycles. The van der Waals surface area contributed by atoms with E-state index >= 15 is 0 Å². The minimum atomic E-state index is -0.501. The average molecular weight is 412 g/mol. The number of aliphatic imine (C=N–C) groups is 1. The van der Waals surface area contributed by atoms with Gasteiger partial charge in [-0.1, -0.05) is 48.2 Å². The van der Waals surface area contributed by atoms with Gasteiger partial charge in [0.1, 0.15) is 5.25 Å². The van der Waals surface area contributed by atoms with Crippen molar-refractivity contribution >= 4 is 40.1 Å². The molecule has 0 aliphatic carbocycles. The molecule has 1 saturated heterocycles. The van der Waals surface area contributed by atoms with Gasteiger partial charge in [-0.05, 0) is 37.1 Å². The van der Waals surface area contributed by atoms with E-state index in [1.54, 1.807) is 12.0 Å². The fourth-order valence-corrected chi connectivity index (χ4v) is 4.28. The number of nitrogens with one attached hydrogen (secondary N) is 1. The van der Waals surface area contributed by atoms with Crippen molar-refractivity contribution in [2.45, 2.75) is 25.5 Å². The predicted molar refractivity (Wildman–Crippen MR) is 118 cm³/mol. The van der Waals surface area contributed by atoms with Crippen LogP contribution < -0.4 is 5.32 Å². The number of ether oxygens (including phenoxy) is 1. The molecule has 0 aromatic heterocycles. The first-order valence-electron chi connectivity index (χ1n) is 9.46. The number of aryl methyl sites for hydroxylation is 2. The molecular weight excluding hydrogens is 386 g/mol. The Bertz CT molecular complexity index is 895.